The smallest absolute Gasteiger partial charge is 0.187 e. The van der Waals surface area contributed by atoms with Crippen molar-refractivity contribution >= 4 is 11.6 Å². The molecule has 2 fully saturated rings. The van der Waals surface area contributed by atoms with Crippen molar-refractivity contribution in [1.29, 1.82) is 0 Å². The molecule has 3 aliphatic rings. The number of hydrogen-bond donors (Lipinski definition) is 0. The minimum Gasteiger partial charge on any atom is -0.353 e. The Morgan fingerprint density at radius 1 is 1.38 bits per heavy atom. The maximum atomic E-state index is 6.14. The van der Waals surface area contributed by atoms with Crippen LogP contribution >= 0.6 is 11.6 Å². The number of fused-ring (bicyclic) bond motifs is 2. The Morgan fingerprint density at radius 3 is 2.62 bits per heavy atom. The normalized spacial score (nSPS) is 49.0. The maximum Gasteiger partial charge on any atom is 0.187 e. The van der Waals surface area contributed by atoms with Gasteiger partial charge in [0, 0.05) is 18.6 Å². The Labute approximate surface area is 99.4 Å². The van der Waals surface area contributed by atoms with E-state index < -0.39 is 17.7 Å². The fraction of sp³-hybridized carbons (Fsp3) is 0.818. The van der Waals surface area contributed by atoms with Crippen LogP contribution in [-0.2, 0) is 18.9 Å². The molecule has 2 saturated heterocycles. The fourth-order valence-electron chi connectivity index (χ4n) is 2.61. The molecule has 1 spiro atoms. The van der Waals surface area contributed by atoms with Crippen molar-refractivity contribution in [3.05, 3.63) is 11.1 Å². The lowest BCUT2D eigenvalue weighted by molar-refractivity contribution is -0.244. The first-order valence-corrected chi connectivity index (χ1v) is 5.79. The Hall–Kier alpha value is -0.130. The van der Waals surface area contributed by atoms with Gasteiger partial charge < -0.3 is 18.9 Å². The lowest BCUT2D eigenvalue weighted by Crippen LogP contribution is -2.47. The van der Waals surface area contributed by atoms with Gasteiger partial charge >= 0.3 is 0 Å². The van der Waals surface area contributed by atoms with Crippen LogP contribution in [0.2, 0.25) is 0 Å². The van der Waals surface area contributed by atoms with Gasteiger partial charge in [0.25, 0.3) is 0 Å². The Kier molecular flexibility index (Phi) is 2.20. The van der Waals surface area contributed by atoms with Crippen LogP contribution in [0.4, 0.5) is 0 Å². The van der Waals surface area contributed by atoms with E-state index in [0.29, 0.717) is 5.03 Å². The van der Waals surface area contributed by atoms with E-state index in [0.717, 1.165) is 6.42 Å². The molecule has 0 amide bonds. The highest BCUT2D eigenvalue weighted by atomic mass is 35.5. The quantitative estimate of drug-likeness (QED) is 0.707. The molecule has 3 rings (SSSR count). The highest BCUT2D eigenvalue weighted by Crippen LogP contribution is 2.54. The SMILES string of the molecule is COC1O[C@@]2(CC=C2Cl)[C@@H]2OC(C)(C)OC12. The van der Waals surface area contributed by atoms with Gasteiger partial charge in [0.15, 0.2) is 12.1 Å². The van der Waals surface area contributed by atoms with Gasteiger partial charge in [-0.2, -0.15) is 0 Å². The number of hydrogen-bond acceptors (Lipinski definition) is 4. The first-order valence-electron chi connectivity index (χ1n) is 5.41. The van der Waals surface area contributed by atoms with E-state index in [2.05, 4.69) is 0 Å². The van der Waals surface area contributed by atoms with Crippen molar-refractivity contribution in [2.45, 2.75) is 50.2 Å². The van der Waals surface area contributed by atoms with Crippen LogP contribution in [0.1, 0.15) is 20.3 Å². The molecular formula is C11H15ClO4. The summed E-state index contributed by atoms with van der Waals surface area (Å²) in [5.74, 6) is -0.602. The molecular weight excluding hydrogens is 232 g/mol. The third kappa shape index (κ3) is 1.25. The Balaban J connectivity index is 1.93. The topological polar surface area (TPSA) is 36.9 Å². The maximum absolute atomic E-state index is 6.14. The summed E-state index contributed by atoms with van der Waals surface area (Å²) in [6, 6.07) is 0. The predicted octanol–water partition coefficient (Wildman–Crippen LogP) is 1.77. The van der Waals surface area contributed by atoms with Crippen molar-refractivity contribution in [2.75, 3.05) is 7.11 Å². The first kappa shape index (κ1) is 11.0. The Bertz CT molecular complexity index is 354. The summed E-state index contributed by atoms with van der Waals surface area (Å²) in [4.78, 5) is 0. The second-order valence-corrected chi connectivity index (χ2v) is 5.30. The van der Waals surface area contributed by atoms with Crippen LogP contribution in [0.3, 0.4) is 0 Å². The van der Waals surface area contributed by atoms with Crippen molar-refractivity contribution in [3.63, 3.8) is 0 Å². The highest BCUT2D eigenvalue weighted by molar-refractivity contribution is 6.31. The van der Waals surface area contributed by atoms with Gasteiger partial charge in [-0.1, -0.05) is 17.7 Å². The van der Waals surface area contributed by atoms with Gasteiger partial charge in [0.05, 0.1) is 0 Å². The number of rotatable bonds is 1. The van der Waals surface area contributed by atoms with Gasteiger partial charge in [-0.05, 0) is 13.8 Å². The van der Waals surface area contributed by atoms with E-state index in [1.807, 2.05) is 19.9 Å². The standard InChI is InChI=1S/C11H15ClO4/c1-10(2)14-7-8(15-10)11(5-4-6(11)12)16-9(7)13-3/h4,7-9H,5H2,1-3H3/t7?,8-,9?,11-/m1/s1. The zero-order valence-corrected chi connectivity index (χ0v) is 10.3. The van der Waals surface area contributed by atoms with E-state index in [1.54, 1.807) is 7.11 Å². The van der Waals surface area contributed by atoms with Crippen LogP contribution < -0.4 is 0 Å². The van der Waals surface area contributed by atoms with Gasteiger partial charge in [-0.15, -0.1) is 0 Å². The van der Waals surface area contributed by atoms with E-state index in [4.69, 9.17) is 30.5 Å². The molecule has 0 aromatic heterocycles. The van der Waals surface area contributed by atoms with E-state index in [-0.39, 0.29) is 12.2 Å². The largest absolute Gasteiger partial charge is 0.353 e. The third-order valence-electron chi connectivity index (χ3n) is 3.40. The summed E-state index contributed by atoms with van der Waals surface area (Å²) >= 11 is 6.14. The van der Waals surface area contributed by atoms with Gasteiger partial charge in [0.1, 0.15) is 17.8 Å². The number of halogens is 1. The lowest BCUT2D eigenvalue weighted by Gasteiger charge is -2.38. The molecule has 0 aromatic carbocycles. The summed E-state index contributed by atoms with van der Waals surface area (Å²) in [5, 5.41) is 0.698. The van der Waals surface area contributed by atoms with Crippen LogP contribution in [0.25, 0.3) is 0 Å². The molecule has 4 atom stereocenters. The molecule has 0 radical (unpaired) electrons. The minimum atomic E-state index is -0.602. The van der Waals surface area contributed by atoms with Crippen LogP contribution in [0.5, 0.6) is 0 Å². The van der Waals surface area contributed by atoms with E-state index in [9.17, 15) is 0 Å². The molecule has 1 aliphatic carbocycles. The lowest BCUT2D eigenvalue weighted by atomic mass is 9.83. The monoisotopic (exact) mass is 246 g/mol. The Morgan fingerprint density at radius 2 is 2.12 bits per heavy atom. The molecule has 2 heterocycles. The summed E-state index contributed by atoms with van der Waals surface area (Å²) in [5.41, 5.74) is -0.541. The van der Waals surface area contributed by atoms with Crippen molar-refractivity contribution in [2.24, 2.45) is 0 Å². The molecule has 90 valence electrons. The third-order valence-corrected chi connectivity index (χ3v) is 3.88. The molecule has 0 bridgehead atoms. The molecule has 0 aromatic rings. The van der Waals surface area contributed by atoms with Crippen molar-refractivity contribution in [3.8, 4) is 0 Å². The van der Waals surface area contributed by atoms with Gasteiger partial charge in [-0.25, -0.2) is 0 Å². The van der Waals surface area contributed by atoms with Crippen molar-refractivity contribution in [1.82, 2.24) is 0 Å². The molecule has 2 aliphatic heterocycles. The fourth-order valence-corrected chi connectivity index (χ4v) is 2.92. The van der Waals surface area contributed by atoms with Crippen LogP contribution in [-0.4, -0.2) is 37.0 Å². The first-order chi connectivity index (χ1) is 7.48. The zero-order chi connectivity index (χ0) is 11.6. The minimum absolute atomic E-state index is 0.176. The van der Waals surface area contributed by atoms with Gasteiger partial charge in [-0.3, -0.25) is 0 Å². The predicted molar refractivity (Wildman–Crippen MR) is 57.0 cm³/mol. The zero-order valence-electron chi connectivity index (χ0n) is 9.53. The van der Waals surface area contributed by atoms with Gasteiger partial charge in [0.2, 0.25) is 0 Å². The number of methoxy groups -OCH3 is 1. The summed E-state index contributed by atoms with van der Waals surface area (Å²) in [6.45, 7) is 3.78. The average molecular weight is 247 g/mol. The molecule has 5 heteroatoms. The molecule has 4 nitrogen and oxygen atoms in total. The van der Waals surface area contributed by atoms with Crippen LogP contribution in [0.15, 0.2) is 11.1 Å². The second-order valence-electron chi connectivity index (χ2n) is 4.89. The summed E-state index contributed by atoms with van der Waals surface area (Å²) < 4.78 is 22.8. The average Bonchev–Trinajstić information content (AvgIpc) is 2.68. The molecule has 0 saturated carbocycles. The van der Waals surface area contributed by atoms with Crippen LogP contribution in [0, 0.1) is 0 Å². The van der Waals surface area contributed by atoms with E-state index >= 15 is 0 Å². The summed E-state index contributed by atoms with van der Waals surface area (Å²) in [7, 11) is 1.60. The molecule has 2 unspecified atom stereocenters. The molecule has 16 heavy (non-hydrogen) atoms. The molecule has 0 N–H and O–H groups in total. The highest BCUT2D eigenvalue weighted by Gasteiger charge is 2.66. The summed E-state index contributed by atoms with van der Waals surface area (Å²) in [6.07, 6.45) is 1.90. The second kappa shape index (κ2) is 3.21. The number of ether oxygens (including phenoxy) is 4. The van der Waals surface area contributed by atoms with Crippen molar-refractivity contribution < 1.29 is 18.9 Å². The van der Waals surface area contributed by atoms with E-state index in [1.165, 1.54) is 0 Å².